The Balaban J connectivity index is 1.05. The molecule has 4 atom stereocenters. The number of rotatable bonds is 24. The number of hydrogen-bond donors (Lipinski definition) is 0. The SMILES string of the molecule is CCC(C)(C)c1c(F)c(F)c(-c2cc3c(s2)-c2sc(C(C)(CC)C(=O)C(C)(CC)c4c(F)c(F)c(-c5cc6c(s5)-c5sc(C(C)(C)C)cc5OC6(CCC(C)CCCC(C)C)CCC(C)CCCC(C)C)c5nsnc45)cc2OC3(C)C)c2nsnc12. The molecule has 8 aromatic rings. The molecule has 0 amide bonds. The van der Waals surface area contributed by atoms with Gasteiger partial charge in [0.25, 0.3) is 0 Å². The maximum absolute atomic E-state index is 18.1. The lowest BCUT2D eigenvalue weighted by Gasteiger charge is -2.39. The molecule has 0 radical (unpaired) electrons. The smallest absolute Gasteiger partial charge is 0.170 e. The first kappa shape index (κ1) is 65.8. The van der Waals surface area contributed by atoms with Crippen molar-refractivity contribution in [3.8, 4) is 51.9 Å². The van der Waals surface area contributed by atoms with Gasteiger partial charge in [-0.25, -0.2) is 17.6 Å². The Labute approximate surface area is 538 Å². The van der Waals surface area contributed by atoms with Crippen LogP contribution in [0, 0.1) is 46.9 Å². The highest BCUT2D eigenvalue weighted by Gasteiger charge is 2.51. The lowest BCUT2D eigenvalue weighted by molar-refractivity contribution is -0.129. The number of ketones is 1. The van der Waals surface area contributed by atoms with Gasteiger partial charge in [0.2, 0.25) is 0 Å². The molecule has 0 spiro atoms. The molecule has 87 heavy (non-hydrogen) atoms. The van der Waals surface area contributed by atoms with E-state index in [2.05, 4.69) is 83.2 Å². The van der Waals surface area contributed by atoms with Crippen LogP contribution in [0.2, 0.25) is 0 Å². The molecular formula is C70H88F4N4O3S6. The molecule has 8 heterocycles. The molecule has 470 valence electrons. The van der Waals surface area contributed by atoms with Gasteiger partial charge >= 0.3 is 0 Å². The molecule has 0 saturated carbocycles. The minimum absolute atomic E-state index is 0.0580. The lowest BCUT2D eigenvalue weighted by Crippen LogP contribution is -2.46. The summed E-state index contributed by atoms with van der Waals surface area (Å²) in [4.78, 5) is 22.6. The van der Waals surface area contributed by atoms with Crippen molar-refractivity contribution in [3.63, 3.8) is 0 Å². The van der Waals surface area contributed by atoms with Crippen LogP contribution in [0.5, 0.6) is 11.5 Å². The van der Waals surface area contributed by atoms with Crippen molar-refractivity contribution in [1.82, 2.24) is 17.5 Å². The number of fused-ring (bicyclic) bond motifs is 8. The second kappa shape index (κ2) is 24.5. The molecule has 0 fully saturated rings. The van der Waals surface area contributed by atoms with Crippen molar-refractivity contribution in [2.75, 3.05) is 0 Å². The Morgan fingerprint density at radius 2 is 0.966 bits per heavy atom. The summed E-state index contributed by atoms with van der Waals surface area (Å²) in [5.41, 5.74) is -2.10. The molecule has 17 heteroatoms. The summed E-state index contributed by atoms with van der Waals surface area (Å²) in [7, 11) is 0. The molecule has 6 aromatic heterocycles. The second-order valence-corrected chi connectivity index (χ2v) is 34.1. The summed E-state index contributed by atoms with van der Waals surface area (Å²) < 4.78 is 102. The number of ether oxygens (including phenoxy) is 2. The van der Waals surface area contributed by atoms with E-state index < -0.39 is 50.7 Å². The third-order valence-electron chi connectivity index (χ3n) is 19.6. The number of hydrogen-bond acceptors (Lipinski definition) is 13. The van der Waals surface area contributed by atoms with Crippen LogP contribution < -0.4 is 9.47 Å². The van der Waals surface area contributed by atoms with Gasteiger partial charge in [0, 0.05) is 41.8 Å². The van der Waals surface area contributed by atoms with Gasteiger partial charge < -0.3 is 9.47 Å². The number of aromatic nitrogens is 4. The molecule has 4 unspecified atom stereocenters. The van der Waals surface area contributed by atoms with E-state index in [0.29, 0.717) is 67.9 Å². The predicted molar refractivity (Wildman–Crippen MR) is 360 cm³/mol. The van der Waals surface area contributed by atoms with Crippen molar-refractivity contribution in [3.05, 3.63) is 79.5 Å². The van der Waals surface area contributed by atoms with Gasteiger partial charge in [0.15, 0.2) is 29.1 Å². The normalized spacial score (nSPS) is 17.9. The largest absolute Gasteiger partial charge is 0.482 e. The number of carbonyl (C=O) groups is 1. The Morgan fingerprint density at radius 1 is 0.517 bits per heavy atom. The number of carbonyl (C=O) groups excluding carboxylic acids is 1. The molecule has 0 saturated heterocycles. The van der Waals surface area contributed by atoms with E-state index in [1.807, 2.05) is 67.5 Å². The van der Waals surface area contributed by atoms with E-state index in [1.165, 1.54) is 64.6 Å². The average Bonchev–Trinajstić information content (AvgIpc) is 1.67. The Morgan fingerprint density at radius 3 is 1.46 bits per heavy atom. The molecule has 10 rings (SSSR count). The van der Waals surface area contributed by atoms with Crippen LogP contribution in [0.1, 0.15) is 240 Å². The Bertz CT molecular complexity index is 3840. The first-order chi connectivity index (χ1) is 40.9. The summed E-state index contributed by atoms with van der Waals surface area (Å²) in [6.07, 6.45) is 11.6. The van der Waals surface area contributed by atoms with Crippen LogP contribution in [-0.4, -0.2) is 23.3 Å². The fraction of sp³-hybridized carbons (Fsp3) is 0.586. The Hall–Kier alpha value is -4.13. The molecule has 0 N–H and O–H groups in total. The van der Waals surface area contributed by atoms with Crippen LogP contribution in [0.4, 0.5) is 17.6 Å². The molecule has 0 aliphatic carbocycles. The summed E-state index contributed by atoms with van der Waals surface area (Å²) >= 11 is 7.77. The van der Waals surface area contributed by atoms with Crippen LogP contribution in [0.3, 0.4) is 0 Å². The van der Waals surface area contributed by atoms with Gasteiger partial charge in [-0.05, 0) is 131 Å². The van der Waals surface area contributed by atoms with Gasteiger partial charge in [-0.2, -0.15) is 17.5 Å². The number of thiophene rings is 4. The number of Topliss-reactive ketones (excluding diaryl/α,β-unsaturated/α-hetero) is 1. The summed E-state index contributed by atoms with van der Waals surface area (Å²) in [6, 6.07) is 8.08. The monoisotopic (exact) mass is 1300 g/mol. The zero-order valence-corrected chi connectivity index (χ0v) is 59.2. The van der Waals surface area contributed by atoms with Crippen molar-refractivity contribution >= 4 is 96.7 Å². The third kappa shape index (κ3) is 11.7. The molecule has 0 bridgehead atoms. The van der Waals surface area contributed by atoms with Gasteiger partial charge in [-0.15, -0.1) is 45.3 Å². The van der Waals surface area contributed by atoms with Gasteiger partial charge in [0.1, 0.15) is 44.8 Å². The van der Waals surface area contributed by atoms with E-state index in [1.54, 1.807) is 18.3 Å². The highest BCUT2D eigenvalue weighted by Crippen LogP contribution is 2.61. The summed E-state index contributed by atoms with van der Waals surface area (Å²) in [5, 5.41) is 0. The van der Waals surface area contributed by atoms with Crippen molar-refractivity contribution in [2.24, 2.45) is 23.7 Å². The zero-order chi connectivity index (χ0) is 63.2. The van der Waals surface area contributed by atoms with Crippen LogP contribution >= 0.6 is 68.8 Å². The molecule has 2 aromatic carbocycles. The second-order valence-electron chi connectivity index (χ2n) is 28.8. The highest BCUT2D eigenvalue weighted by atomic mass is 32.1. The van der Waals surface area contributed by atoms with E-state index in [4.69, 9.17) is 18.2 Å². The number of benzene rings is 2. The molecular weight excluding hydrogens is 1210 g/mol. The maximum Gasteiger partial charge on any atom is 0.170 e. The van der Waals surface area contributed by atoms with E-state index in [9.17, 15) is 0 Å². The average molecular weight is 1300 g/mol. The van der Waals surface area contributed by atoms with Crippen molar-refractivity contribution < 1.29 is 31.8 Å². The van der Waals surface area contributed by atoms with Crippen molar-refractivity contribution in [2.45, 2.75) is 241 Å². The lowest BCUT2D eigenvalue weighted by atomic mass is 9.64. The summed E-state index contributed by atoms with van der Waals surface area (Å²) in [6.45, 7) is 37.5. The van der Waals surface area contributed by atoms with E-state index in [-0.39, 0.29) is 50.9 Å². The number of nitrogens with zero attached hydrogens (tertiary/aromatic N) is 4. The fourth-order valence-corrected chi connectivity index (χ4v) is 19.7. The van der Waals surface area contributed by atoms with E-state index >= 15 is 22.4 Å². The van der Waals surface area contributed by atoms with Gasteiger partial charge in [-0.3, -0.25) is 4.79 Å². The van der Waals surface area contributed by atoms with Gasteiger partial charge in [0.05, 0.1) is 64.9 Å². The third-order valence-corrected chi connectivity index (χ3v) is 26.2. The van der Waals surface area contributed by atoms with Crippen LogP contribution in [0.15, 0.2) is 24.3 Å². The Kier molecular flexibility index (Phi) is 18.5. The zero-order valence-electron chi connectivity index (χ0n) is 54.3. The van der Waals surface area contributed by atoms with Crippen molar-refractivity contribution in [1.29, 1.82) is 0 Å². The first-order valence-corrected chi connectivity index (χ1v) is 36.4. The van der Waals surface area contributed by atoms with E-state index in [0.717, 1.165) is 98.4 Å². The minimum Gasteiger partial charge on any atom is -0.482 e. The number of halogens is 4. The molecule has 2 aliphatic rings. The maximum atomic E-state index is 18.1. The first-order valence-electron chi connectivity index (χ1n) is 31.6. The quantitative estimate of drug-likeness (QED) is 0.0557. The highest BCUT2D eigenvalue weighted by molar-refractivity contribution is 7.25. The van der Waals surface area contributed by atoms with Gasteiger partial charge in [-0.1, -0.05) is 135 Å². The minimum atomic E-state index is -1.58. The molecule has 2 aliphatic heterocycles. The predicted octanol–water partition coefficient (Wildman–Crippen LogP) is 23.5. The molecule has 7 nitrogen and oxygen atoms in total. The van der Waals surface area contributed by atoms with Crippen LogP contribution in [-0.2, 0) is 37.7 Å². The standard InChI is InChI=1S/C70H88F4N4O3S6/c1-19-66(13,14)50-54(73)52(71)48(56-58(50)77-86-75-56)44-32-40-60(82-44)62-42(80-67(40,15)16)35-47(85-62)68(17,20-2)64(79)69(18,21-3)51-55(74)53(72)49(57-59(51)78-87-76-57)45-33-41-61(83-45)63-43(34-46(84-63)65(10,11)12)81-70(41,30-28-38(8)26-22-24-36(4)5)31-29-39(9)27-23-25-37(6)7/h32-39H,19-31H2,1-18H3. The topological polar surface area (TPSA) is 87.1 Å². The summed E-state index contributed by atoms with van der Waals surface area (Å²) in [5.74, 6) is -0.662. The fourth-order valence-electron chi connectivity index (χ4n) is 13.2. The van der Waals surface area contributed by atoms with Crippen LogP contribution in [0.25, 0.3) is 62.5 Å².